The molecule has 1 atom stereocenters. The first kappa shape index (κ1) is 12.4. The summed E-state index contributed by atoms with van der Waals surface area (Å²) in [7, 11) is 0. The standard InChI is InChI=1S/C14H24N2O2/c17-14(7-12-9-18-6-5-15-12)16-8-13(10-1-2-10)11-3-4-11/h10-13,15H,1-9H2,(H,16,17). The van der Waals surface area contributed by atoms with Crippen molar-refractivity contribution in [3.05, 3.63) is 0 Å². The molecule has 0 aromatic carbocycles. The van der Waals surface area contributed by atoms with Crippen LogP contribution in [0.25, 0.3) is 0 Å². The SMILES string of the molecule is O=C(CC1COCCN1)NCC(C1CC1)C1CC1. The van der Waals surface area contributed by atoms with Gasteiger partial charge in [-0.05, 0) is 43.4 Å². The Balaban J connectivity index is 1.37. The summed E-state index contributed by atoms with van der Waals surface area (Å²) in [6, 6.07) is 0.207. The van der Waals surface area contributed by atoms with Gasteiger partial charge in [0.25, 0.3) is 0 Å². The minimum absolute atomic E-state index is 0.185. The third-order valence-corrected chi connectivity index (χ3v) is 4.42. The molecular weight excluding hydrogens is 228 g/mol. The zero-order valence-electron chi connectivity index (χ0n) is 11.0. The number of morpholine rings is 1. The molecule has 102 valence electrons. The summed E-state index contributed by atoms with van der Waals surface area (Å²) in [6.07, 6.45) is 6.09. The Morgan fingerprint density at radius 1 is 1.28 bits per heavy atom. The minimum Gasteiger partial charge on any atom is -0.378 e. The van der Waals surface area contributed by atoms with Gasteiger partial charge in [0.05, 0.1) is 13.2 Å². The first-order chi connectivity index (χ1) is 8.83. The van der Waals surface area contributed by atoms with Crippen LogP contribution in [0.5, 0.6) is 0 Å². The first-order valence-electron chi connectivity index (χ1n) is 7.41. The van der Waals surface area contributed by atoms with E-state index in [4.69, 9.17) is 4.74 Å². The maximum absolute atomic E-state index is 11.9. The van der Waals surface area contributed by atoms with Crippen LogP contribution in [-0.4, -0.2) is 38.3 Å². The van der Waals surface area contributed by atoms with Crippen molar-refractivity contribution in [2.75, 3.05) is 26.3 Å². The largest absolute Gasteiger partial charge is 0.378 e. The maximum Gasteiger partial charge on any atom is 0.221 e. The summed E-state index contributed by atoms with van der Waals surface area (Å²) in [6.45, 7) is 3.21. The topological polar surface area (TPSA) is 50.4 Å². The van der Waals surface area contributed by atoms with E-state index in [1.807, 2.05) is 0 Å². The molecule has 1 amide bonds. The maximum atomic E-state index is 11.9. The van der Waals surface area contributed by atoms with Crippen LogP contribution in [-0.2, 0) is 9.53 Å². The average molecular weight is 252 g/mol. The molecule has 1 unspecified atom stereocenters. The summed E-state index contributed by atoms with van der Waals surface area (Å²) in [5, 5.41) is 6.46. The molecule has 4 nitrogen and oxygen atoms in total. The van der Waals surface area contributed by atoms with Gasteiger partial charge >= 0.3 is 0 Å². The molecule has 0 bridgehead atoms. The van der Waals surface area contributed by atoms with Crippen molar-refractivity contribution in [3.63, 3.8) is 0 Å². The second-order valence-corrected chi connectivity index (χ2v) is 6.07. The number of carbonyl (C=O) groups excluding carboxylic acids is 1. The van der Waals surface area contributed by atoms with Gasteiger partial charge in [0.1, 0.15) is 0 Å². The van der Waals surface area contributed by atoms with Gasteiger partial charge in [0, 0.05) is 25.6 Å². The fourth-order valence-electron chi connectivity index (χ4n) is 3.05. The van der Waals surface area contributed by atoms with E-state index in [1.54, 1.807) is 0 Å². The lowest BCUT2D eigenvalue weighted by atomic mass is 9.98. The normalized spacial score (nSPS) is 28.4. The fourth-order valence-corrected chi connectivity index (χ4v) is 3.05. The van der Waals surface area contributed by atoms with Crippen LogP contribution < -0.4 is 10.6 Å². The van der Waals surface area contributed by atoms with Crippen molar-refractivity contribution in [1.29, 1.82) is 0 Å². The van der Waals surface area contributed by atoms with Gasteiger partial charge in [-0.2, -0.15) is 0 Å². The molecule has 0 aromatic rings. The number of hydrogen-bond acceptors (Lipinski definition) is 3. The van der Waals surface area contributed by atoms with E-state index in [1.165, 1.54) is 25.7 Å². The third kappa shape index (κ3) is 3.45. The van der Waals surface area contributed by atoms with Crippen molar-refractivity contribution in [3.8, 4) is 0 Å². The molecule has 1 aliphatic heterocycles. The smallest absolute Gasteiger partial charge is 0.221 e. The van der Waals surface area contributed by atoms with Crippen molar-refractivity contribution in [2.45, 2.75) is 38.1 Å². The van der Waals surface area contributed by atoms with Crippen LogP contribution in [0.4, 0.5) is 0 Å². The number of amides is 1. The van der Waals surface area contributed by atoms with Gasteiger partial charge < -0.3 is 15.4 Å². The highest BCUT2D eigenvalue weighted by Crippen LogP contribution is 2.48. The third-order valence-electron chi connectivity index (χ3n) is 4.42. The van der Waals surface area contributed by atoms with Crippen molar-refractivity contribution in [2.24, 2.45) is 17.8 Å². The average Bonchev–Trinajstić information content (AvgIpc) is 3.25. The van der Waals surface area contributed by atoms with E-state index >= 15 is 0 Å². The van der Waals surface area contributed by atoms with Crippen molar-refractivity contribution in [1.82, 2.24) is 10.6 Å². The minimum atomic E-state index is 0.185. The quantitative estimate of drug-likeness (QED) is 0.739. The predicted molar refractivity (Wildman–Crippen MR) is 69.2 cm³/mol. The van der Waals surface area contributed by atoms with E-state index < -0.39 is 0 Å². The highest BCUT2D eigenvalue weighted by Gasteiger charge is 2.41. The molecule has 1 heterocycles. The number of rotatable bonds is 6. The van der Waals surface area contributed by atoms with Gasteiger partial charge in [-0.25, -0.2) is 0 Å². The summed E-state index contributed by atoms with van der Waals surface area (Å²) in [5.74, 6) is 2.77. The fraction of sp³-hybridized carbons (Fsp3) is 0.929. The van der Waals surface area contributed by atoms with Gasteiger partial charge in [0.2, 0.25) is 5.91 Å². The van der Waals surface area contributed by atoms with Crippen molar-refractivity contribution >= 4 is 5.91 Å². The molecule has 0 spiro atoms. The number of hydrogen-bond donors (Lipinski definition) is 2. The van der Waals surface area contributed by atoms with Crippen LogP contribution in [0.1, 0.15) is 32.1 Å². The summed E-state index contributed by atoms with van der Waals surface area (Å²) < 4.78 is 5.36. The highest BCUT2D eigenvalue weighted by atomic mass is 16.5. The van der Waals surface area contributed by atoms with Crippen LogP contribution in [0.3, 0.4) is 0 Å². The van der Waals surface area contributed by atoms with Crippen LogP contribution in [0, 0.1) is 17.8 Å². The Hall–Kier alpha value is -0.610. The zero-order valence-corrected chi connectivity index (χ0v) is 11.0. The molecule has 3 aliphatic rings. The number of ether oxygens (including phenoxy) is 1. The van der Waals surface area contributed by atoms with Crippen LogP contribution in [0.15, 0.2) is 0 Å². The van der Waals surface area contributed by atoms with Crippen LogP contribution >= 0.6 is 0 Å². The number of carbonyl (C=O) groups is 1. The first-order valence-corrected chi connectivity index (χ1v) is 7.41. The molecule has 3 rings (SSSR count). The van der Waals surface area contributed by atoms with E-state index in [9.17, 15) is 4.79 Å². The predicted octanol–water partition coefficient (Wildman–Crippen LogP) is 0.917. The molecule has 2 N–H and O–H groups in total. The van der Waals surface area contributed by atoms with Gasteiger partial charge in [-0.3, -0.25) is 4.79 Å². The second kappa shape index (κ2) is 5.57. The molecule has 0 radical (unpaired) electrons. The second-order valence-electron chi connectivity index (χ2n) is 6.07. The van der Waals surface area contributed by atoms with Gasteiger partial charge in [0.15, 0.2) is 0 Å². The molecule has 2 saturated carbocycles. The molecule has 4 heteroatoms. The summed E-state index contributed by atoms with van der Waals surface area (Å²) >= 11 is 0. The molecule has 18 heavy (non-hydrogen) atoms. The Bertz CT molecular complexity index is 282. The lowest BCUT2D eigenvalue weighted by molar-refractivity contribution is -0.122. The van der Waals surface area contributed by atoms with E-state index in [2.05, 4.69) is 10.6 Å². The van der Waals surface area contributed by atoms with Crippen LogP contribution in [0.2, 0.25) is 0 Å². The van der Waals surface area contributed by atoms with Gasteiger partial charge in [-0.1, -0.05) is 0 Å². The van der Waals surface area contributed by atoms with Gasteiger partial charge in [-0.15, -0.1) is 0 Å². The lowest BCUT2D eigenvalue weighted by Crippen LogP contribution is -2.44. The molecule has 2 aliphatic carbocycles. The zero-order chi connectivity index (χ0) is 12.4. The van der Waals surface area contributed by atoms with E-state index in [-0.39, 0.29) is 11.9 Å². The summed E-state index contributed by atoms with van der Waals surface area (Å²) in [4.78, 5) is 11.9. The Morgan fingerprint density at radius 2 is 2.00 bits per heavy atom. The molecule has 3 fully saturated rings. The van der Waals surface area contributed by atoms with E-state index in [0.717, 1.165) is 37.5 Å². The van der Waals surface area contributed by atoms with E-state index in [0.29, 0.717) is 13.0 Å². The summed E-state index contributed by atoms with van der Waals surface area (Å²) in [5.41, 5.74) is 0. The number of nitrogens with one attached hydrogen (secondary N) is 2. The van der Waals surface area contributed by atoms with Crippen molar-refractivity contribution < 1.29 is 9.53 Å². The Morgan fingerprint density at radius 3 is 2.56 bits per heavy atom. The molecular formula is C14H24N2O2. The Labute approximate surface area is 109 Å². The Kier molecular flexibility index (Phi) is 3.85. The lowest BCUT2D eigenvalue weighted by Gasteiger charge is -2.24. The molecule has 0 aromatic heterocycles. The molecule has 1 saturated heterocycles. The highest BCUT2D eigenvalue weighted by molar-refractivity contribution is 5.76. The monoisotopic (exact) mass is 252 g/mol.